The molecule has 0 radical (unpaired) electrons. The van der Waals surface area contributed by atoms with Gasteiger partial charge in [0.2, 0.25) is 7.44 Å². The van der Waals surface area contributed by atoms with Crippen molar-refractivity contribution in [1.82, 2.24) is 9.34 Å². The zero-order valence-electron chi connectivity index (χ0n) is 25.2. The molecule has 0 aromatic carbocycles. The van der Waals surface area contributed by atoms with E-state index in [0.717, 1.165) is 57.2 Å². The lowest BCUT2D eigenvalue weighted by molar-refractivity contribution is 0.159. The van der Waals surface area contributed by atoms with E-state index in [-0.39, 0.29) is 22.9 Å². The van der Waals surface area contributed by atoms with Gasteiger partial charge in [-0.15, -0.1) is 0 Å². The van der Waals surface area contributed by atoms with Crippen LogP contribution in [-0.2, 0) is 4.57 Å². The van der Waals surface area contributed by atoms with Crippen molar-refractivity contribution in [3.63, 3.8) is 0 Å². The van der Waals surface area contributed by atoms with Crippen molar-refractivity contribution in [2.24, 2.45) is 10.8 Å². The highest BCUT2D eigenvalue weighted by Gasteiger charge is 2.58. The Balaban J connectivity index is 2.28. The van der Waals surface area contributed by atoms with Crippen molar-refractivity contribution < 1.29 is 9.67 Å². The van der Waals surface area contributed by atoms with Gasteiger partial charge < -0.3 is 5.11 Å². The number of aliphatic hydroxyl groups is 1. The van der Waals surface area contributed by atoms with Crippen LogP contribution in [0.1, 0.15) is 121 Å². The van der Waals surface area contributed by atoms with Crippen molar-refractivity contribution in [3.8, 4) is 0 Å². The summed E-state index contributed by atoms with van der Waals surface area (Å²) in [6, 6.07) is 0.557. The summed E-state index contributed by atoms with van der Waals surface area (Å²) in [4.78, 5) is 0. The largest absolute Gasteiger partial charge is 0.378 e. The fourth-order valence-electron chi connectivity index (χ4n) is 5.74. The predicted octanol–water partition coefficient (Wildman–Crippen LogP) is 8.94. The molecule has 0 amide bonds. The third-order valence-electron chi connectivity index (χ3n) is 7.37. The number of hydrogen-bond donors (Lipinski definition) is 1. The highest BCUT2D eigenvalue weighted by Crippen LogP contribution is 2.67. The van der Waals surface area contributed by atoms with E-state index in [4.69, 9.17) is 0 Å². The molecule has 1 N–H and O–H groups in total. The van der Waals surface area contributed by atoms with Crippen molar-refractivity contribution in [2.45, 2.75) is 139 Å². The van der Waals surface area contributed by atoms with Gasteiger partial charge >= 0.3 is 0 Å². The maximum absolute atomic E-state index is 15.1. The summed E-state index contributed by atoms with van der Waals surface area (Å²) < 4.78 is 19.7. The second-order valence-electron chi connectivity index (χ2n) is 14.2. The lowest BCUT2D eigenvalue weighted by Gasteiger charge is -2.39. The summed E-state index contributed by atoms with van der Waals surface area (Å²) in [5, 5.41) is 11.7. The number of hydrogen-bond acceptors (Lipinski definition) is 2. The molecule has 4 nitrogen and oxygen atoms in total. The first-order valence-electron chi connectivity index (χ1n) is 14.3. The van der Waals surface area contributed by atoms with Crippen LogP contribution in [0.5, 0.6) is 0 Å². The van der Waals surface area contributed by atoms with Crippen LogP contribution in [0.15, 0.2) is 34.9 Å². The minimum Gasteiger partial charge on any atom is -0.378 e. The Morgan fingerprint density at radius 1 is 0.833 bits per heavy atom. The van der Waals surface area contributed by atoms with Crippen molar-refractivity contribution in [2.75, 3.05) is 13.1 Å². The van der Waals surface area contributed by atoms with Crippen LogP contribution in [0.3, 0.4) is 0 Å². The van der Waals surface area contributed by atoms with Gasteiger partial charge in [0, 0.05) is 25.2 Å². The third-order valence-corrected chi connectivity index (χ3v) is 10.6. The Kier molecular flexibility index (Phi) is 11.3. The number of nitrogens with zero attached hydrogens (tertiary/aromatic N) is 2. The average molecular weight is 521 g/mol. The molecule has 2 fully saturated rings. The van der Waals surface area contributed by atoms with E-state index in [2.05, 4.69) is 90.7 Å². The number of rotatable bonds is 10. The monoisotopic (exact) mass is 520 g/mol. The molecule has 208 valence electrons. The number of allylic oxidation sites excluding steroid dienone is 5. The molecule has 1 aliphatic heterocycles. The van der Waals surface area contributed by atoms with Gasteiger partial charge in [0.25, 0.3) is 0 Å². The molecule has 0 bridgehead atoms. The molecule has 0 unspecified atom stereocenters. The third kappa shape index (κ3) is 8.97. The SMILES string of the molecule is CC(C)=CCC/C(C)=C/CC/C(C)=C/[C@@H](O)P1(=O)N(CC(C)(C)C)[C@@H]2CCCC[C@H]2N1CC(C)(C)C. The quantitative estimate of drug-likeness (QED) is 0.231. The van der Waals surface area contributed by atoms with Crippen LogP contribution in [-0.4, -0.2) is 45.5 Å². The molecular weight excluding hydrogens is 463 g/mol. The molecule has 1 saturated carbocycles. The fraction of sp³-hybridized carbons (Fsp3) is 0.806. The molecule has 1 saturated heterocycles. The second kappa shape index (κ2) is 12.9. The van der Waals surface area contributed by atoms with Gasteiger partial charge in [-0.1, -0.05) is 83.3 Å². The average Bonchev–Trinajstić information content (AvgIpc) is 2.95. The van der Waals surface area contributed by atoms with E-state index in [1.54, 1.807) is 0 Å². The summed E-state index contributed by atoms with van der Waals surface area (Å²) >= 11 is 0. The highest BCUT2D eigenvalue weighted by atomic mass is 31.2. The van der Waals surface area contributed by atoms with E-state index in [1.165, 1.54) is 24.0 Å². The highest BCUT2D eigenvalue weighted by molar-refractivity contribution is 7.60. The number of fused-ring (bicyclic) bond motifs is 1. The zero-order chi connectivity index (χ0) is 27.3. The van der Waals surface area contributed by atoms with E-state index in [0.29, 0.717) is 0 Å². The number of aliphatic hydroxyl groups excluding tert-OH is 1. The summed E-state index contributed by atoms with van der Waals surface area (Å²) in [6.45, 7) is 23.4. The summed E-state index contributed by atoms with van der Waals surface area (Å²) in [5.41, 5.74) is 3.95. The van der Waals surface area contributed by atoms with E-state index < -0.39 is 13.3 Å². The van der Waals surface area contributed by atoms with Crippen LogP contribution < -0.4 is 0 Å². The van der Waals surface area contributed by atoms with Gasteiger partial charge in [-0.05, 0) is 83.1 Å². The van der Waals surface area contributed by atoms with Crippen molar-refractivity contribution in [3.05, 3.63) is 34.9 Å². The maximum atomic E-state index is 15.1. The van der Waals surface area contributed by atoms with E-state index in [1.807, 2.05) is 6.08 Å². The smallest absolute Gasteiger partial charge is 0.248 e. The van der Waals surface area contributed by atoms with Crippen molar-refractivity contribution >= 4 is 7.44 Å². The van der Waals surface area contributed by atoms with Gasteiger partial charge in [-0.3, -0.25) is 4.57 Å². The Labute approximate surface area is 223 Å². The molecule has 0 spiro atoms. The van der Waals surface area contributed by atoms with Crippen molar-refractivity contribution in [1.29, 1.82) is 0 Å². The first kappa shape index (κ1) is 31.5. The van der Waals surface area contributed by atoms with E-state index in [9.17, 15) is 5.11 Å². The first-order valence-corrected chi connectivity index (χ1v) is 16.0. The molecule has 1 aliphatic carbocycles. The fourth-order valence-corrected chi connectivity index (χ4v) is 9.74. The Hall–Kier alpha value is -0.670. The molecule has 3 atom stereocenters. The molecule has 0 aromatic heterocycles. The minimum absolute atomic E-state index is 0.0156. The maximum Gasteiger partial charge on any atom is 0.248 e. The van der Waals surface area contributed by atoms with Gasteiger partial charge in [-0.2, -0.15) is 0 Å². The Morgan fingerprint density at radius 3 is 1.72 bits per heavy atom. The lowest BCUT2D eigenvalue weighted by atomic mass is 9.87. The zero-order valence-corrected chi connectivity index (χ0v) is 26.1. The minimum atomic E-state index is -3.19. The molecular formula is C31H57N2O2P. The van der Waals surface area contributed by atoms with Gasteiger partial charge in [0.1, 0.15) is 0 Å². The molecule has 2 rings (SSSR count). The Morgan fingerprint density at radius 2 is 1.28 bits per heavy atom. The normalized spacial score (nSPS) is 25.1. The van der Waals surface area contributed by atoms with Crippen LogP contribution in [0.2, 0.25) is 0 Å². The van der Waals surface area contributed by atoms with Crippen LogP contribution in [0.4, 0.5) is 0 Å². The topological polar surface area (TPSA) is 43.8 Å². The van der Waals surface area contributed by atoms with Gasteiger partial charge in [0.05, 0.1) is 0 Å². The Bertz CT molecular complexity index is 819. The summed E-state index contributed by atoms with van der Waals surface area (Å²) in [5.74, 6) is -0.949. The van der Waals surface area contributed by atoms with Crippen LogP contribution >= 0.6 is 7.44 Å². The predicted molar refractivity (Wildman–Crippen MR) is 157 cm³/mol. The van der Waals surface area contributed by atoms with Crippen LogP contribution in [0, 0.1) is 10.8 Å². The molecule has 1 heterocycles. The lowest BCUT2D eigenvalue weighted by Crippen LogP contribution is -2.43. The standard InChI is InChI=1S/C31H57N2O2P/c1-24(2)15-13-16-25(3)17-14-18-26(4)21-29(34)36(35)32(22-30(5,6)7)27-19-11-12-20-28(27)33(36)23-31(8,9)10/h15,17,21,27-29,34H,11-14,16,18-20,22-23H2,1-10H3/b25-17+,26-21+/t27-,28-,29+/m1/s1. The molecule has 36 heavy (non-hydrogen) atoms. The summed E-state index contributed by atoms with van der Waals surface area (Å²) in [7, 11) is -3.19. The van der Waals surface area contributed by atoms with Gasteiger partial charge in [-0.25, -0.2) is 9.34 Å². The van der Waals surface area contributed by atoms with Crippen LogP contribution in [0.25, 0.3) is 0 Å². The van der Waals surface area contributed by atoms with E-state index >= 15 is 4.57 Å². The molecule has 5 heteroatoms. The molecule has 0 aromatic rings. The second-order valence-corrected chi connectivity index (χ2v) is 16.9. The first-order chi connectivity index (χ1) is 16.5. The van der Waals surface area contributed by atoms with Gasteiger partial charge in [0.15, 0.2) is 5.85 Å². The summed E-state index contributed by atoms with van der Waals surface area (Å²) in [6.07, 6.45) is 15.1. The molecule has 2 aliphatic rings.